The molecule has 0 radical (unpaired) electrons. The van der Waals surface area contributed by atoms with E-state index in [4.69, 9.17) is 11.1 Å². The van der Waals surface area contributed by atoms with E-state index in [0.717, 1.165) is 35.1 Å². The number of aryl methyl sites for hydroxylation is 1. The molecule has 0 aliphatic heterocycles. The number of nitrogens with zero attached hydrogens (tertiary/aromatic N) is 2. The number of allylic oxidation sites excluding steroid dienone is 3. The normalized spacial score (nSPS) is 13.9. The number of nitrogens with two attached hydrogens (primary N) is 3. The van der Waals surface area contributed by atoms with Gasteiger partial charge in [-0.15, -0.1) is 5.10 Å². The third-order valence-electron chi connectivity index (χ3n) is 8.24. The summed E-state index contributed by atoms with van der Waals surface area (Å²) in [5.41, 5.74) is 19.9. The van der Waals surface area contributed by atoms with E-state index in [1.807, 2.05) is 115 Å². The molecule has 61 heavy (non-hydrogen) atoms. The van der Waals surface area contributed by atoms with E-state index in [-0.39, 0.29) is 29.7 Å². The molecule has 4 rings (SSSR count). The minimum atomic E-state index is -0.670. The Kier molecular flexibility index (Phi) is 32.8. The summed E-state index contributed by atoms with van der Waals surface area (Å²) in [7, 11) is 7.07. The molecule has 0 fully saturated rings. The van der Waals surface area contributed by atoms with Gasteiger partial charge in [0.05, 0.1) is 12.9 Å². The maximum atomic E-state index is 12.9. The first-order valence-corrected chi connectivity index (χ1v) is 19.6. The van der Waals surface area contributed by atoms with Gasteiger partial charge in [0.2, 0.25) is 5.91 Å². The van der Waals surface area contributed by atoms with Crippen molar-refractivity contribution in [2.45, 2.75) is 46.6 Å². The second kappa shape index (κ2) is 35.4. The molecule has 0 bridgehead atoms. The second-order valence-corrected chi connectivity index (χ2v) is 13.2. The monoisotopic (exact) mass is 840 g/mol. The van der Waals surface area contributed by atoms with Gasteiger partial charge in [-0.1, -0.05) is 116 Å². The summed E-state index contributed by atoms with van der Waals surface area (Å²) in [5.74, 6) is -0.728. The van der Waals surface area contributed by atoms with Gasteiger partial charge in [0.1, 0.15) is 18.7 Å². The van der Waals surface area contributed by atoms with Crippen LogP contribution in [0, 0.1) is 17.7 Å². The Hall–Kier alpha value is -6.55. The van der Waals surface area contributed by atoms with Crippen molar-refractivity contribution in [3.63, 3.8) is 0 Å². The first-order valence-electron chi connectivity index (χ1n) is 19.6. The molecule has 2 atom stereocenters. The zero-order valence-electron chi connectivity index (χ0n) is 37.1. The molecule has 0 saturated carbocycles. The standard InChI is InChI=1S/C23H32N6O2.C12H13NO2.C7H8.C2H7N.CH4N2.CH5N/c1-17(29-27-16-24)23(2)11-9-19(10-12-23)21(30)28-20(22(31)26-14-13-25-3)15-18-7-5-4-6-8-18;1-9(2)10-3-5-11(6-4-10)12(15)13-7-8-14;1-7-5-3-2-4-6-7;1-3-2;2-1-3;1-2/h4-11,16,20,25H,12-15H2,1-3H3,(H2,24,27)(H,26,31)(H,28,30);3-6,8H,1,7H2,2H3,(H,13,15);2-6H,1H3;3H,1-2H3;1H,(H3,2,3);2H2,1H3/b29-17+;;;;;/t20-,23?;;;;;/m0...../s1. The Balaban J connectivity index is 0. The fourth-order valence-electron chi connectivity index (χ4n) is 4.81. The van der Waals surface area contributed by atoms with Crippen LogP contribution in [0.1, 0.15) is 54.2 Å². The molecule has 3 amide bonds. The number of benzene rings is 3. The Bertz CT molecular complexity index is 1830. The molecule has 0 aromatic heterocycles. The first kappa shape index (κ1) is 56.5. The molecule has 0 heterocycles. The highest BCUT2D eigenvalue weighted by Crippen LogP contribution is 2.31. The van der Waals surface area contributed by atoms with E-state index in [0.29, 0.717) is 43.4 Å². The molecule has 1 aliphatic rings. The van der Waals surface area contributed by atoms with Crippen molar-refractivity contribution in [3.05, 3.63) is 138 Å². The van der Waals surface area contributed by atoms with Crippen molar-refractivity contribution in [2.24, 2.45) is 32.8 Å². The number of hydrogen-bond acceptors (Lipinski definition) is 10. The number of hydrogen-bond donors (Lipinski definition) is 9. The molecule has 3 aromatic rings. The minimum Gasteiger partial charge on any atom is -0.390 e. The van der Waals surface area contributed by atoms with Gasteiger partial charge in [-0.05, 0) is 78.6 Å². The molecule has 15 nitrogen and oxygen atoms in total. The van der Waals surface area contributed by atoms with Gasteiger partial charge in [0, 0.05) is 41.8 Å². The van der Waals surface area contributed by atoms with E-state index < -0.39 is 6.04 Å². The van der Waals surface area contributed by atoms with Crippen LogP contribution in [0.2, 0.25) is 0 Å². The molecule has 3 aromatic carbocycles. The topological polar surface area (TPSA) is 255 Å². The minimum absolute atomic E-state index is 0.0427. The zero-order valence-corrected chi connectivity index (χ0v) is 37.1. The van der Waals surface area contributed by atoms with E-state index >= 15 is 0 Å². The lowest BCUT2D eigenvalue weighted by Crippen LogP contribution is -2.49. The van der Waals surface area contributed by atoms with Crippen molar-refractivity contribution in [1.82, 2.24) is 26.6 Å². The fraction of sp³-hybridized carbons (Fsp3) is 0.326. The SMILES string of the molecule is C=C(C)c1ccc(C(=O)NCC=O)cc1.CN.CNC.CNCCNC(=O)[C@H](Cc1ccccc1)NC(=O)C1=CCC(C)(/C(C)=N/N=C\N)C=C1.Cc1ccccc1.N=CN. The van der Waals surface area contributed by atoms with Crippen LogP contribution in [-0.4, -0.2) is 96.3 Å². The van der Waals surface area contributed by atoms with E-state index in [1.54, 1.807) is 18.2 Å². The average Bonchev–Trinajstić information content (AvgIpc) is 3.27. The van der Waals surface area contributed by atoms with Crippen LogP contribution in [0.3, 0.4) is 0 Å². The first-order chi connectivity index (χ1) is 29.3. The largest absolute Gasteiger partial charge is 0.390 e. The van der Waals surface area contributed by atoms with E-state index in [9.17, 15) is 19.2 Å². The van der Waals surface area contributed by atoms with Crippen LogP contribution in [0.5, 0.6) is 0 Å². The number of amides is 3. The molecular weight excluding hydrogens is 771 g/mol. The summed E-state index contributed by atoms with van der Waals surface area (Å²) in [4.78, 5) is 47.0. The Morgan fingerprint density at radius 2 is 1.41 bits per heavy atom. The lowest BCUT2D eigenvalue weighted by Gasteiger charge is -2.27. The van der Waals surface area contributed by atoms with Gasteiger partial charge in [0.25, 0.3) is 11.8 Å². The average molecular weight is 840 g/mol. The predicted molar refractivity (Wildman–Crippen MR) is 254 cm³/mol. The summed E-state index contributed by atoms with van der Waals surface area (Å²) in [5, 5.41) is 27.6. The van der Waals surface area contributed by atoms with Crippen molar-refractivity contribution in [1.29, 1.82) is 5.41 Å². The lowest BCUT2D eigenvalue weighted by atomic mass is 9.78. The summed E-state index contributed by atoms with van der Waals surface area (Å²) in [6, 6.07) is 26.3. The van der Waals surface area contributed by atoms with Gasteiger partial charge < -0.3 is 48.6 Å². The predicted octanol–water partition coefficient (Wildman–Crippen LogP) is 3.91. The Labute approximate surface area is 363 Å². The zero-order chi connectivity index (χ0) is 46.5. The molecule has 15 heteroatoms. The number of aldehydes is 1. The second-order valence-electron chi connectivity index (χ2n) is 13.2. The van der Waals surface area contributed by atoms with Crippen LogP contribution in [0.15, 0.2) is 126 Å². The van der Waals surface area contributed by atoms with Crippen molar-refractivity contribution < 1.29 is 19.2 Å². The lowest BCUT2D eigenvalue weighted by molar-refractivity contribution is -0.127. The fourth-order valence-corrected chi connectivity index (χ4v) is 4.81. The summed E-state index contributed by atoms with van der Waals surface area (Å²) < 4.78 is 0. The molecule has 0 spiro atoms. The highest BCUT2D eigenvalue weighted by Gasteiger charge is 2.29. The third kappa shape index (κ3) is 25.5. The van der Waals surface area contributed by atoms with Crippen LogP contribution >= 0.6 is 0 Å². The maximum Gasteiger partial charge on any atom is 0.251 e. The summed E-state index contributed by atoms with van der Waals surface area (Å²) >= 11 is 0. The van der Waals surface area contributed by atoms with Gasteiger partial charge in [0.15, 0.2) is 0 Å². The van der Waals surface area contributed by atoms with Crippen LogP contribution in [0.4, 0.5) is 0 Å². The molecule has 332 valence electrons. The highest BCUT2D eigenvalue weighted by molar-refractivity contribution is 6.00. The van der Waals surface area contributed by atoms with Crippen LogP contribution < -0.4 is 43.8 Å². The number of rotatable bonds is 14. The molecule has 1 unspecified atom stereocenters. The molecule has 1 aliphatic carbocycles. The molecule has 12 N–H and O–H groups in total. The van der Waals surface area contributed by atoms with Gasteiger partial charge in [-0.3, -0.25) is 19.8 Å². The number of nitrogens with one attached hydrogen (secondary N) is 6. The van der Waals surface area contributed by atoms with E-state index in [1.165, 1.54) is 12.6 Å². The molecule has 0 saturated heterocycles. The quantitative estimate of drug-likeness (QED) is 0.0375. The summed E-state index contributed by atoms with van der Waals surface area (Å²) in [6.45, 7) is 12.9. The van der Waals surface area contributed by atoms with Crippen molar-refractivity contribution in [2.75, 3.05) is 47.8 Å². The summed E-state index contributed by atoms with van der Waals surface area (Å²) in [6.07, 6.45) is 9.12. The van der Waals surface area contributed by atoms with Gasteiger partial charge in [-0.25, -0.2) is 0 Å². The van der Waals surface area contributed by atoms with Crippen molar-refractivity contribution >= 4 is 48.0 Å². The van der Waals surface area contributed by atoms with Gasteiger partial charge in [-0.2, -0.15) is 5.10 Å². The Morgan fingerprint density at radius 1 is 0.869 bits per heavy atom. The number of carbonyl (C=O) groups is 4. The molecular formula is C46H69N11O4. The third-order valence-corrected chi connectivity index (χ3v) is 8.24. The maximum absolute atomic E-state index is 12.9. The van der Waals surface area contributed by atoms with Crippen LogP contribution in [0.25, 0.3) is 5.57 Å². The van der Waals surface area contributed by atoms with Gasteiger partial charge >= 0.3 is 0 Å². The number of likely N-dealkylation sites (N-methyl/N-ethyl adjacent to an activating group) is 1. The van der Waals surface area contributed by atoms with Crippen LogP contribution in [-0.2, 0) is 20.8 Å². The Morgan fingerprint density at radius 3 is 1.85 bits per heavy atom. The number of carbonyl (C=O) groups excluding carboxylic acids is 4. The smallest absolute Gasteiger partial charge is 0.251 e. The highest BCUT2D eigenvalue weighted by atomic mass is 16.2. The van der Waals surface area contributed by atoms with Crippen molar-refractivity contribution in [3.8, 4) is 0 Å². The van der Waals surface area contributed by atoms with E-state index in [2.05, 4.69) is 73.9 Å².